The molecule has 0 radical (unpaired) electrons. The highest BCUT2D eigenvalue weighted by Gasteiger charge is 2.56. The van der Waals surface area contributed by atoms with Gasteiger partial charge < -0.3 is 9.47 Å². The molecule has 23 heavy (non-hydrogen) atoms. The van der Waals surface area contributed by atoms with Gasteiger partial charge in [-0.1, -0.05) is 6.92 Å². The maximum atomic E-state index is 12.2. The van der Waals surface area contributed by atoms with E-state index in [9.17, 15) is 9.59 Å². The van der Waals surface area contributed by atoms with Crippen LogP contribution in [0.5, 0.6) is 0 Å². The molecule has 0 aromatic heterocycles. The van der Waals surface area contributed by atoms with Crippen molar-refractivity contribution in [3.63, 3.8) is 0 Å². The van der Waals surface area contributed by atoms with Crippen LogP contribution < -0.4 is 5.32 Å². The van der Waals surface area contributed by atoms with Gasteiger partial charge in [-0.2, -0.15) is 0 Å². The molecular formula is C18H29NO4. The molecule has 2 heterocycles. The fraction of sp³-hybridized carbons (Fsp3) is 0.889. The standard InChI is InChI=1S/C18H29NO4/c1-11(5-6-13-17(2,3)22-13)9-15(20)19-16(21)12-7-8-18(4)14(10-12)23-18/h11-14H,5-10H2,1-4H3,(H,19,20,21). The Labute approximate surface area is 138 Å². The van der Waals surface area contributed by atoms with Gasteiger partial charge in [-0.3, -0.25) is 14.9 Å². The number of nitrogens with one attached hydrogen (secondary N) is 1. The molecule has 2 aliphatic heterocycles. The van der Waals surface area contributed by atoms with Gasteiger partial charge >= 0.3 is 0 Å². The predicted molar refractivity (Wildman–Crippen MR) is 85.7 cm³/mol. The lowest BCUT2D eigenvalue weighted by atomic mass is 9.82. The Bertz CT molecular complexity index is 503. The minimum Gasteiger partial charge on any atom is -0.367 e. The minimum atomic E-state index is -0.150. The summed E-state index contributed by atoms with van der Waals surface area (Å²) in [6.07, 6.45) is 5.35. The Morgan fingerprint density at radius 3 is 2.57 bits per heavy atom. The van der Waals surface area contributed by atoms with Gasteiger partial charge in [0.05, 0.1) is 23.4 Å². The lowest BCUT2D eigenvalue weighted by molar-refractivity contribution is -0.133. The summed E-state index contributed by atoms with van der Waals surface area (Å²) < 4.78 is 11.2. The summed E-state index contributed by atoms with van der Waals surface area (Å²) in [6.45, 7) is 8.34. The van der Waals surface area contributed by atoms with Gasteiger partial charge in [0, 0.05) is 12.3 Å². The number of carbonyl (C=O) groups is 2. The highest BCUT2D eigenvalue weighted by Crippen LogP contribution is 2.49. The molecule has 0 aromatic carbocycles. The topological polar surface area (TPSA) is 71.2 Å². The Morgan fingerprint density at radius 1 is 1.26 bits per heavy atom. The van der Waals surface area contributed by atoms with Gasteiger partial charge in [0.25, 0.3) is 0 Å². The molecule has 0 spiro atoms. The van der Waals surface area contributed by atoms with Crippen LogP contribution in [0.1, 0.15) is 66.2 Å². The van der Waals surface area contributed by atoms with Gasteiger partial charge in [0.15, 0.2) is 0 Å². The van der Waals surface area contributed by atoms with Crippen LogP contribution >= 0.6 is 0 Å². The molecular weight excluding hydrogens is 294 g/mol. The summed E-state index contributed by atoms with van der Waals surface area (Å²) in [6, 6.07) is 0. The first-order chi connectivity index (χ1) is 10.7. The molecule has 5 heteroatoms. The van der Waals surface area contributed by atoms with Gasteiger partial charge in [-0.25, -0.2) is 0 Å². The second kappa shape index (κ2) is 5.85. The number of ether oxygens (including phenoxy) is 2. The third kappa shape index (κ3) is 3.94. The van der Waals surface area contributed by atoms with Gasteiger partial charge in [-0.05, 0) is 58.8 Å². The predicted octanol–water partition coefficient (Wildman–Crippen LogP) is 2.57. The lowest BCUT2D eigenvalue weighted by Gasteiger charge is -2.21. The van der Waals surface area contributed by atoms with Crippen LogP contribution in [0.25, 0.3) is 0 Å². The van der Waals surface area contributed by atoms with Crippen molar-refractivity contribution >= 4 is 11.8 Å². The molecule has 5 atom stereocenters. The molecule has 1 saturated carbocycles. The smallest absolute Gasteiger partial charge is 0.229 e. The van der Waals surface area contributed by atoms with Crippen LogP contribution in [0.15, 0.2) is 0 Å². The average Bonchev–Trinajstić information content (AvgIpc) is 3.29. The number of imide groups is 1. The highest BCUT2D eigenvalue weighted by molar-refractivity contribution is 5.96. The molecule has 3 rings (SSSR count). The second-order valence-corrected chi connectivity index (χ2v) is 8.40. The third-order valence-electron chi connectivity index (χ3n) is 5.78. The van der Waals surface area contributed by atoms with E-state index in [2.05, 4.69) is 33.0 Å². The molecule has 5 nitrogen and oxygen atoms in total. The number of hydrogen-bond acceptors (Lipinski definition) is 4. The molecule has 1 N–H and O–H groups in total. The van der Waals surface area contributed by atoms with Crippen molar-refractivity contribution in [3.05, 3.63) is 0 Å². The summed E-state index contributed by atoms with van der Waals surface area (Å²) in [5.74, 6) is -0.0744. The summed E-state index contributed by atoms with van der Waals surface area (Å²) >= 11 is 0. The van der Waals surface area contributed by atoms with Crippen molar-refractivity contribution in [1.29, 1.82) is 0 Å². The van der Waals surface area contributed by atoms with Crippen LogP contribution in [0, 0.1) is 11.8 Å². The van der Waals surface area contributed by atoms with E-state index < -0.39 is 0 Å². The van der Waals surface area contributed by atoms with Crippen molar-refractivity contribution in [2.45, 2.75) is 89.6 Å². The molecule has 130 valence electrons. The SMILES string of the molecule is CC(CCC1OC1(C)C)CC(=O)NC(=O)C1CCC2(C)OC2C1. The molecule has 2 saturated heterocycles. The van der Waals surface area contributed by atoms with Crippen molar-refractivity contribution in [1.82, 2.24) is 5.32 Å². The summed E-state index contributed by atoms with van der Waals surface area (Å²) in [4.78, 5) is 24.3. The third-order valence-corrected chi connectivity index (χ3v) is 5.78. The number of amides is 2. The molecule has 5 unspecified atom stereocenters. The van der Waals surface area contributed by atoms with Crippen molar-refractivity contribution < 1.29 is 19.1 Å². The first-order valence-corrected chi connectivity index (χ1v) is 8.89. The van der Waals surface area contributed by atoms with Crippen molar-refractivity contribution in [3.8, 4) is 0 Å². The highest BCUT2D eigenvalue weighted by atomic mass is 16.6. The second-order valence-electron chi connectivity index (χ2n) is 8.40. The molecule has 0 aromatic rings. The van der Waals surface area contributed by atoms with E-state index in [1.54, 1.807) is 0 Å². The number of carbonyl (C=O) groups excluding carboxylic acids is 2. The van der Waals surface area contributed by atoms with Crippen LogP contribution in [0.2, 0.25) is 0 Å². The number of epoxide rings is 2. The Morgan fingerprint density at radius 2 is 1.96 bits per heavy atom. The van der Waals surface area contributed by atoms with Crippen LogP contribution in [0.4, 0.5) is 0 Å². The van der Waals surface area contributed by atoms with Crippen LogP contribution in [-0.2, 0) is 19.1 Å². The fourth-order valence-electron chi connectivity index (χ4n) is 3.77. The van der Waals surface area contributed by atoms with Gasteiger partial charge in [-0.15, -0.1) is 0 Å². The molecule has 3 aliphatic rings. The largest absolute Gasteiger partial charge is 0.367 e. The van der Waals surface area contributed by atoms with Crippen molar-refractivity contribution in [2.75, 3.05) is 0 Å². The summed E-state index contributed by atoms with van der Waals surface area (Å²) in [7, 11) is 0. The molecule has 2 amide bonds. The van der Waals surface area contributed by atoms with Crippen LogP contribution in [0.3, 0.4) is 0 Å². The monoisotopic (exact) mass is 323 g/mol. The molecule has 3 fully saturated rings. The number of rotatable bonds is 6. The average molecular weight is 323 g/mol. The van der Waals surface area contributed by atoms with Crippen LogP contribution in [-0.4, -0.2) is 35.2 Å². The first kappa shape index (κ1) is 16.9. The zero-order valence-electron chi connectivity index (χ0n) is 14.7. The van der Waals surface area contributed by atoms with Crippen molar-refractivity contribution in [2.24, 2.45) is 11.8 Å². The Balaban J connectivity index is 1.34. The number of fused-ring (bicyclic) bond motifs is 1. The maximum absolute atomic E-state index is 12.2. The van der Waals surface area contributed by atoms with Gasteiger partial charge in [0.2, 0.25) is 11.8 Å². The van der Waals surface area contributed by atoms with E-state index in [0.29, 0.717) is 12.5 Å². The normalized spacial score (nSPS) is 38.3. The van der Waals surface area contributed by atoms with E-state index in [1.807, 2.05) is 0 Å². The number of hydrogen-bond donors (Lipinski definition) is 1. The molecule has 1 aliphatic carbocycles. The molecule has 0 bridgehead atoms. The summed E-state index contributed by atoms with van der Waals surface area (Å²) in [5.41, 5.74) is 0.0201. The maximum Gasteiger partial charge on any atom is 0.229 e. The fourth-order valence-corrected chi connectivity index (χ4v) is 3.77. The van der Waals surface area contributed by atoms with E-state index in [0.717, 1.165) is 32.1 Å². The van der Waals surface area contributed by atoms with E-state index in [1.165, 1.54) is 0 Å². The lowest BCUT2D eigenvalue weighted by Crippen LogP contribution is -2.39. The first-order valence-electron chi connectivity index (χ1n) is 8.89. The summed E-state index contributed by atoms with van der Waals surface area (Å²) in [5, 5.41) is 2.59. The van der Waals surface area contributed by atoms with E-state index in [-0.39, 0.29) is 41.0 Å². The Kier molecular flexibility index (Phi) is 4.30. The Hall–Kier alpha value is -0.940. The van der Waals surface area contributed by atoms with E-state index >= 15 is 0 Å². The zero-order chi connectivity index (χ0) is 16.8. The minimum absolute atomic E-state index is 0.00790. The van der Waals surface area contributed by atoms with E-state index in [4.69, 9.17) is 9.47 Å². The quantitative estimate of drug-likeness (QED) is 0.763. The zero-order valence-corrected chi connectivity index (χ0v) is 14.7. The van der Waals surface area contributed by atoms with Gasteiger partial charge in [0.1, 0.15) is 0 Å².